The van der Waals surface area contributed by atoms with E-state index in [9.17, 15) is 18.5 Å². The van der Waals surface area contributed by atoms with E-state index in [0.717, 1.165) is 11.3 Å². The van der Waals surface area contributed by atoms with E-state index in [4.69, 9.17) is 4.18 Å². The van der Waals surface area contributed by atoms with E-state index in [1.54, 1.807) is 18.2 Å². The number of hydrogen-bond acceptors (Lipinski definition) is 6. The molecule has 0 saturated carbocycles. The highest BCUT2D eigenvalue weighted by molar-refractivity contribution is 7.87. The van der Waals surface area contributed by atoms with Crippen LogP contribution in [-0.4, -0.2) is 26.4 Å². The van der Waals surface area contributed by atoms with Crippen molar-refractivity contribution in [1.82, 2.24) is 0 Å². The first-order chi connectivity index (χ1) is 12.5. The second kappa shape index (κ2) is 6.23. The van der Waals surface area contributed by atoms with Crippen LogP contribution in [0.15, 0.2) is 41.3 Å². The zero-order valence-corrected chi connectivity index (χ0v) is 16.7. The topological polar surface area (TPSA) is 89.8 Å². The van der Waals surface area contributed by atoms with Gasteiger partial charge in [-0.3, -0.25) is 10.1 Å². The minimum atomic E-state index is -4.22. The molecule has 0 N–H and O–H groups in total. The summed E-state index contributed by atoms with van der Waals surface area (Å²) in [5, 5.41) is 11.6. The number of rotatable bonds is 4. The minimum Gasteiger partial charge on any atom is -0.371 e. The SMILES string of the molecule is Cc1ccc(S(=O)(=O)Oc2c([N+](=O)[O-])ccc3c2C(C)(C)C(C)N3C)cc1. The summed E-state index contributed by atoms with van der Waals surface area (Å²) in [6, 6.07) is 9.12. The molecule has 0 spiro atoms. The van der Waals surface area contributed by atoms with Crippen LogP contribution >= 0.6 is 0 Å². The molecule has 7 nitrogen and oxygen atoms in total. The van der Waals surface area contributed by atoms with E-state index in [0.29, 0.717) is 5.56 Å². The standard InChI is InChI=1S/C19H22N2O5S/c1-12-6-8-14(9-7-12)27(24,25)26-18-16(21(22)23)11-10-15-17(18)19(3,4)13(2)20(15)5/h6-11,13H,1-5H3. The number of likely N-dealkylation sites (N-methyl/N-ethyl adjacent to an activating group) is 1. The molecule has 0 amide bonds. The van der Waals surface area contributed by atoms with Gasteiger partial charge in [-0.1, -0.05) is 31.5 Å². The van der Waals surface area contributed by atoms with Gasteiger partial charge >= 0.3 is 15.8 Å². The van der Waals surface area contributed by atoms with E-state index in [2.05, 4.69) is 0 Å². The van der Waals surface area contributed by atoms with Gasteiger partial charge in [0.05, 0.1) is 4.92 Å². The Hall–Kier alpha value is -2.61. The summed E-state index contributed by atoms with van der Waals surface area (Å²) in [6.45, 7) is 7.68. The van der Waals surface area contributed by atoms with E-state index in [1.165, 1.54) is 18.2 Å². The van der Waals surface area contributed by atoms with Crippen LogP contribution in [0.1, 0.15) is 31.9 Å². The largest absolute Gasteiger partial charge is 0.371 e. The van der Waals surface area contributed by atoms with Gasteiger partial charge in [-0.2, -0.15) is 8.42 Å². The van der Waals surface area contributed by atoms with Gasteiger partial charge in [-0.05, 0) is 32.0 Å². The van der Waals surface area contributed by atoms with E-state index in [-0.39, 0.29) is 22.4 Å². The lowest BCUT2D eigenvalue weighted by Gasteiger charge is -2.28. The second-order valence-corrected chi connectivity index (χ2v) is 8.97. The first kappa shape index (κ1) is 19.2. The van der Waals surface area contributed by atoms with Gasteiger partial charge < -0.3 is 9.08 Å². The van der Waals surface area contributed by atoms with Gasteiger partial charge in [0.25, 0.3) is 0 Å². The lowest BCUT2D eigenvalue weighted by molar-refractivity contribution is -0.385. The van der Waals surface area contributed by atoms with Gasteiger partial charge in [0.2, 0.25) is 5.75 Å². The third-order valence-corrected chi connectivity index (χ3v) is 6.70. The third kappa shape index (κ3) is 3.03. The molecule has 0 aromatic heterocycles. The van der Waals surface area contributed by atoms with Gasteiger partial charge in [0.1, 0.15) is 4.90 Å². The van der Waals surface area contributed by atoms with Crippen molar-refractivity contribution in [2.45, 2.75) is 44.0 Å². The van der Waals surface area contributed by atoms with E-state index in [1.807, 2.05) is 39.6 Å². The fraction of sp³-hybridized carbons (Fsp3) is 0.368. The highest BCUT2D eigenvalue weighted by atomic mass is 32.2. The molecule has 27 heavy (non-hydrogen) atoms. The predicted octanol–water partition coefficient (Wildman–Crippen LogP) is 3.79. The lowest BCUT2D eigenvalue weighted by Crippen LogP contribution is -2.36. The van der Waals surface area contributed by atoms with Crippen LogP contribution in [0.3, 0.4) is 0 Å². The zero-order chi connectivity index (χ0) is 20.1. The fourth-order valence-corrected chi connectivity index (χ4v) is 4.42. The number of anilines is 1. The van der Waals surface area contributed by atoms with Crippen molar-refractivity contribution in [2.24, 2.45) is 0 Å². The molecule has 2 aromatic rings. The Kier molecular flexibility index (Phi) is 4.42. The van der Waals surface area contributed by atoms with Gasteiger partial charge in [0, 0.05) is 35.8 Å². The molecular formula is C19H22N2O5S. The summed E-state index contributed by atoms with van der Waals surface area (Å²) in [6.07, 6.45) is 0. The Balaban J connectivity index is 2.21. The van der Waals surface area contributed by atoms with Crippen molar-refractivity contribution in [3.8, 4) is 5.75 Å². The summed E-state index contributed by atoms with van der Waals surface area (Å²) in [7, 11) is -2.34. The van der Waals surface area contributed by atoms with Crippen molar-refractivity contribution in [3.05, 3.63) is 57.6 Å². The summed E-state index contributed by atoms with van der Waals surface area (Å²) in [4.78, 5) is 12.9. The Morgan fingerprint density at radius 2 is 1.74 bits per heavy atom. The Morgan fingerprint density at radius 3 is 2.30 bits per heavy atom. The van der Waals surface area contributed by atoms with Crippen LogP contribution in [0.4, 0.5) is 11.4 Å². The molecule has 1 atom stereocenters. The van der Waals surface area contributed by atoms with Crippen LogP contribution in [0, 0.1) is 17.0 Å². The molecule has 3 rings (SSSR count). The molecule has 0 bridgehead atoms. The lowest BCUT2D eigenvalue weighted by atomic mass is 9.80. The molecule has 1 unspecified atom stereocenters. The maximum absolute atomic E-state index is 12.8. The van der Waals surface area contributed by atoms with Crippen molar-refractivity contribution in [1.29, 1.82) is 0 Å². The average molecular weight is 390 g/mol. The Bertz CT molecular complexity index is 1010. The molecule has 1 heterocycles. The van der Waals surface area contributed by atoms with Gasteiger partial charge in [0.15, 0.2) is 0 Å². The molecular weight excluding hydrogens is 368 g/mol. The number of benzene rings is 2. The predicted molar refractivity (Wildman–Crippen MR) is 103 cm³/mol. The minimum absolute atomic E-state index is 0.0129. The third-order valence-electron chi connectivity index (χ3n) is 5.46. The van der Waals surface area contributed by atoms with Crippen molar-refractivity contribution < 1.29 is 17.5 Å². The summed E-state index contributed by atoms with van der Waals surface area (Å²) in [5.41, 5.74) is 1.26. The maximum atomic E-state index is 12.8. The van der Waals surface area contributed by atoms with Crippen molar-refractivity contribution in [3.63, 3.8) is 0 Å². The summed E-state index contributed by atoms with van der Waals surface area (Å²) >= 11 is 0. The number of fused-ring (bicyclic) bond motifs is 1. The fourth-order valence-electron chi connectivity index (χ4n) is 3.47. The van der Waals surface area contributed by atoms with Gasteiger partial charge in [-0.15, -0.1) is 0 Å². The van der Waals surface area contributed by atoms with Crippen molar-refractivity contribution >= 4 is 21.5 Å². The monoisotopic (exact) mass is 390 g/mol. The van der Waals surface area contributed by atoms with Gasteiger partial charge in [-0.25, -0.2) is 0 Å². The average Bonchev–Trinajstić information content (AvgIpc) is 2.76. The maximum Gasteiger partial charge on any atom is 0.339 e. The van der Waals surface area contributed by atoms with Crippen LogP contribution in [0.25, 0.3) is 0 Å². The number of hydrogen-bond donors (Lipinski definition) is 0. The normalized spacial score (nSPS) is 18.3. The molecule has 0 fully saturated rings. The highest BCUT2D eigenvalue weighted by Gasteiger charge is 2.46. The zero-order valence-electron chi connectivity index (χ0n) is 15.9. The molecule has 1 aliphatic rings. The summed E-state index contributed by atoms with van der Waals surface area (Å²) < 4.78 is 31.0. The van der Waals surface area contributed by atoms with Crippen LogP contribution in [0.5, 0.6) is 5.75 Å². The Morgan fingerprint density at radius 1 is 1.15 bits per heavy atom. The quantitative estimate of drug-likeness (QED) is 0.448. The molecule has 1 aliphatic heterocycles. The molecule has 0 saturated heterocycles. The molecule has 2 aromatic carbocycles. The van der Waals surface area contributed by atoms with E-state index >= 15 is 0 Å². The number of aryl methyl sites for hydroxylation is 1. The first-order valence-corrected chi connectivity index (χ1v) is 9.93. The number of nitrogens with zero attached hydrogens (tertiary/aromatic N) is 2. The van der Waals surface area contributed by atoms with Crippen LogP contribution in [0.2, 0.25) is 0 Å². The smallest absolute Gasteiger partial charge is 0.339 e. The van der Waals surface area contributed by atoms with Crippen LogP contribution < -0.4 is 9.08 Å². The summed E-state index contributed by atoms with van der Waals surface area (Å²) in [5.74, 6) is -0.209. The Labute approximate surface area is 158 Å². The highest BCUT2D eigenvalue weighted by Crippen LogP contribution is 2.52. The van der Waals surface area contributed by atoms with Crippen molar-refractivity contribution in [2.75, 3.05) is 11.9 Å². The molecule has 8 heteroatoms. The first-order valence-electron chi connectivity index (χ1n) is 8.52. The molecule has 144 valence electrons. The van der Waals surface area contributed by atoms with E-state index < -0.39 is 20.5 Å². The second-order valence-electron chi connectivity index (χ2n) is 7.42. The number of nitro benzene ring substituents is 1. The number of nitro groups is 1. The molecule has 0 aliphatic carbocycles. The van der Waals surface area contributed by atoms with Crippen LogP contribution in [-0.2, 0) is 15.5 Å². The molecule has 0 radical (unpaired) electrons.